The highest BCUT2D eigenvalue weighted by Crippen LogP contribution is 2.25. The van der Waals surface area contributed by atoms with Gasteiger partial charge >= 0.3 is 5.97 Å². The lowest BCUT2D eigenvalue weighted by Crippen LogP contribution is -2.11. The van der Waals surface area contributed by atoms with E-state index in [9.17, 15) is 14.9 Å². The van der Waals surface area contributed by atoms with Gasteiger partial charge in [0, 0.05) is 17.3 Å². The van der Waals surface area contributed by atoms with Gasteiger partial charge in [-0.3, -0.25) is 10.1 Å². The number of halogens is 1. The molecule has 0 fully saturated rings. The maximum absolute atomic E-state index is 11.8. The van der Waals surface area contributed by atoms with Crippen molar-refractivity contribution in [2.24, 2.45) is 0 Å². The van der Waals surface area contributed by atoms with Crippen LogP contribution in [0.2, 0.25) is 5.02 Å². The predicted octanol–water partition coefficient (Wildman–Crippen LogP) is 3.45. The molecule has 0 N–H and O–H groups in total. The van der Waals surface area contributed by atoms with Crippen LogP contribution in [0.25, 0.3) is 0 Å². The second-order valence-corrected chi connectivity index (χ2v) is 5.17. The molecule has 1 heterocycles. The minimum atomic E-state index is -0.482. The molecule has 116 valence electrons. The number of esters is 1. The molecule has 22 heavy (non-hydrogen) atoms. The maximum atomic E-state index is 11.8. The molecule has 0 spiro atoms. The molecule has 0 saturated heterocycles. The van der Waals surface area contributed by atoms with Crippen LogP contribution in [0.5, 0.6) is 0 Å². The van der Waals surface area contributed by atoms with Crippen molar-refractivity contribution in [3.8, 4) is 0 Å². The standard InChI is InChI=1S/C15H15ClN2O4/c1-3-10-6-14(15(19)22-2)17(8-10)9-11-7-12(16)4-5-13(11)18(20)21/h4-8H,3,9H2,1-2H3. The van der Waals surface area contributed by atoms with E-state index >= 15 is 0 Å². The van der Waals surface area contributed by atoms with E-state index in [0.29, 0.717) is 16.3 Å². The maximum Gasteiger partial charge on any atom is 0.354 e. The molecule has 0 aliphatic heterocycles. The number of nitrogens with zero attached hydrogens (tertiary/aromatic N) is 2. The molecule has 0 radical (unpaired) electrons. The number of nitro benzene ring substituents is 1. The van der Waals surface area contributed by atoms with E-state index in [2.05, 4.69) is 0 Å². The summed E-state index contributed by atoms with van der Waals surface area (Å²) in [5.74, 6) is -0.482. The summed E-state index contributed by atoms with van der Waals surface area (Å²) in [6.07, 6.45) is 2.53. The van der Waals surface area contributed by atoms with Gasteiger partial charge in [0.15, 0.2) is 0 Å². The minimum absolute atomic E-state index is 0.0352. The van der Waals surface area contributed by atoms with E-state index in [4.69, 9.17) is 16.3 Å². The number of hydrogen-bond acceptors (Lipinski definition) is 4. The van der Waals surface area contributed by atoms with E-state index in [0.717, 1.165) is 12.0 Å². The Balaban J connectivity index is 2.46. The van der Waals surface area contributed by atoms with Gasteiger partial charge in [0.05, 0.1) is 24.1 Å². The van der Waals surface area contributed by atoms with Crippen LogP contribution in [0.15, 0.2) is 30.5 Å². The molecule has 0 saturated carbocycles. The van der Waals surface area contributed by atoms with E-state index < -0.39 is 10.9 Å². The number of ether oxygens (including phenoxy) is 1. The second-order valence-electron chi connectivity index (χ2n) is 4.74. The summed E-state index contributed by atoms with van der Waals surface area (Å²) < 4.78 is 6.40. The predicted molar refractivity (Wildman–Crippen MR) is 82.4 cm³/mol. The lowest BCUT2D eigenvalue weighted by molar-refractivity contribution is -0.385. The summed E-state index contributed by atoms with van der Waals surface area (Å²) in [7, 11) is 1.30. The van der Waals surface area contributed by atoms with E-state index in [1.165, 1.54) is 25.3 Å². The highest BCUT2D eigenvalue weighted by molar-refractivity contribution is 6.30. The number of carbonyl (C=O) groups excluding carboxylic acids is 1. The first kappa shape index (κ1) is 16.0. The number of nitro groups is 1. The molecule has 0 bridgehead atoms. The van der Waals surface area contributed by atoms with Crippen molar-refractivity contribution in [3.05, 3.63) is 62.4 Å². The van der Waals surface area contributed by atoms with Gasteiger partial charge in [-0.15, -0.1) is 0 Å². The lowest BCUT2D eigenvalue weighted by atomic mass is 10.2. The van der Waals surface area contributed by atoms with Gasteiger partial charge in [-0.25, -0.2) is 4.79 Å². The zero-order valence-electron chi connectivity index (χ0n) is 12.2. The Hall–Kier alpha value is -2.34. The van der Waals surface area contributed by atoms with Crippen molar-refractivity contribution in [1.82, 2.24) is 4.57 Å². The SMILES string of the molecule is CCc1cc(C(=O)OC)n(Cc2cc(Cl)ccc2[N+](=O)[O-])c1. The monoisotopic (exact) mass is 322 g/mol. The fourth-order valence-electron chi connectivity index (χ4n) is 2.21. The fraction of sp³-hybridized carbons (Fsp3) is 0.267. The Labute approximate surface area is 132 Å². The summed E-state index contributed by atoms with van der Waals surface area (Å²) >= 11 is 5.93. The van der Waals surface area contributed by atoms with E-state index in [1.54, 1.807) is 16.8 Å². The van der Waals surface area contributed by atoms with Crippen molar-refractivity contribution in [1.29, 1.82) is 0 Å². The van der Waals surface area contributed by atoms with Gasteiger partial charge in [0.2, 0.25) is 0 Å². The largest absolute Gasteiger partial charge is 0.464 e. The number of methoxy groups -OCH3 is 1. The van der Waals surface area contributed by atoms with Crippen molar-refractivity contribution in [3.63, 3.8) is 0 Å². The zero-order valence-corrected chi connectivity index (χ0v) is 13.0. The van der Waals surface area contributed by atoms with Gasteiger partial charge in [-0.2, -0.15) is 0 Å². The average molecular weight is 323 g/mol. The quantitative estimate of drug-likeness (QED) is 0.480. The number of hydrogen-bond donors (Lipinski definition) is 0. The molecule has 0 amide bonds. The third kappa shape index (κ3) is 3.28. The molecule has 0 atom stereocenters. The molecule has 6 nitrogen and oxygen atoms in total. The van der Waals surface area contributed by atoms with Crippen LogP contribution in [-0.4, -0.2) is 22.6 Å². The molecule has 1 aromatic heterocycles. The van der Waals surface area contributed by atoms with Crippen LogP contribution in [0.4, 0.5) is 5.69 Å². The molecule has 2 rings (SSSR count). The van der Waals surface area contributed by atoms with Gasteiger partial charge in [-0.05, 0) is 30.2 Å². The third-order valence-corrected chi connectivity index (χ3v) is 3.57. The summed E-state index contributed by atoms with van der Waals surface area (Å²) in [6.45, 7) is 2.13. The van der Waals surface area contributed by atoms with Crippen molar-refractivity contribution < 1.29 is 14.5 Å². The first-order valence-corrected chi connectivity index (χ1v) is 7.04. The lowest BCUT2D eigenvalue weighted by Gasteiger charge is -2.08. The topological polar surface area (TPSA) is 74.4 Å². The van der Waals surface area contributed by atoms with Gasteiger partial charge in [0.25, 0.3) is 5.69 Å². The first-order chi connectivity index (χ1) is 10.5. The number of benzene rings is 1. The Morgan fingerprint density at radius 1 is 1.41 bits per heavy atom. The van der Waals surface area contributed by atoms with Crippen molar-refractivity contribution in [2.45, 2.75) is 19.9 Å². The molecule has 7 heteroatoms. The minimum Gasteiger partial charge on any atom is -0.464 e. The molecule has 0 unspecified atom stereocenters. The van der Waals surface area contributed by atoms with Crippen LogP contribution in [-0.2, 0) is 17.7 Å². The summed E-state index contributed by atoms with van der Waals surface area (Å²) in [5.41, 5.74) is 1.70. The van der Waals surface area contributed by atoms with Crippen molar-refractivity contribution >= 4 is 23.3 Å². The molecule has 0 aliphatic rings. The summed E-state index contributed by atoms with van der Waals surface area (Å²) in [6, 6.07) is 6.09. The van der Waals surface area contributed by atoms with Crippen LogP contribution >= 0.6 is 11.6 Å². The fourth-order valence-corrected chi connectivity index (χ4v) is 2.41. The van der Waals surface area contributed by atoms with Crippen LogP contribution in [0.3, 0.4) is 0 Å². The molecule has 0 aliphatic carbocycles. The average Bonchev–Trinajstić information content (AvgIpc) is 2.89. The van der Waals surface area contributed by atoms with E-state index in [-0.39, 0.29) is 12.2 Å². The number of aromatic nitrogens is 1. The number of aryl methyl sites for hydroxylation is 1. The highest BCUT2D eigenvalue weighted by Gasteiger charge is 2.18. The van der Waals surface area contributed by atoms with E-state index in [1.807, 2.05) is 6.92 Å². The normalized spacial score (nSPS) is 10.5. The Morgan fingerprint density at radius 2 is 2.14 bits per heavy atom. The molecule has 2 aromatic rings. The van der Waals surface area contributed by atoms with Gasteiger partial charge in [0.1, 0.15) is 5.69 Å². The zero-order chi connectivity index (χ0) is 16.3. The molecular formula is C15H15ClN2O4. The first-order valence-electron chi connectivity index (χ1n) is 6.66. The third-order valence-electron chi connectivity index (χ3n) is 3.33. The van der Waals surface area contributed by atoms with Crippen LogP contribution in [0, 0.1) is 10.1 Å². The number of carbonyl (C=O) groups is 1. The Kier molecular flexibility index (Phi) is 4.82. The highest BCUT2D eigenvalue weighted by atomic mass is 35.5. The Morgan fingerprint density at radius 3 is 2.73 bits per heavy atom. The van der Waals surface area contributed by atoms with Gasteiger partial charge in [-0.1, -0.05) is 18.5 Å². The van der Waals surface area contributed by atoms with Crippen LogP contribution in [0.1, 0.15) is 28.5 Å². The van der Waals surface area contributed by atoms with Crippen LogP contribution < -0.4 is 0 Å². The molecular weight excluding hydrogens is 308 g/mol. The second kappa shape index (κ2) is 6.62. The summed E-state index contributed by atoms with van der Waals surface area (Å²) in [4.78, 5) is 22.5. The number of rotatable bonds is 5. The summed E-state index contributed by atoms with van der Waals surface area (Å²) in [5, 5.41) is 11.5. The van der Waals surface area contributed by atoms with Gasteiger partial charge < -0.3 is 9.30 Å². The van der Waals surface area contributed by atoms with Crippen molar-refractivity contribution in [2.75, 3.05) is 7.11 Å². The molecule has 1 aromatic carbocycles. The Bertz CT molecular complexity index is 724. The smallest absolute Gasteiger partial charge is 0.354 e.